The topological polar surface area (TPSA) is 222 Å². The fourth-order valence-corrected chi connectivity index (χ4v) is 8.45. The van der Waals surface area contributed by atoms with Crippen LogP contribution in [0.2, 0.25) is 0 Å². The van der Waals surface area contributed by atoms with Gasteiger partial charge in [-0.1, -0.05) is 36.1 Å². The molecule has 0 saturated heterocycles. The molecule has 1 aliphatic heterocycles. The molecule has 314 valence electrons. The lowest BCUT2D eigenvalue weighted by Crippen LogP contribution is -2.35. The number of amides is 3. The van der Waals surface area contributed by atoms with Crippen molar-refractivity contribution in [2.75, 3.05) is 30.8 Å². The van der Waals surface area contributed by atoms with E-state index in [1.807, 2.05) is 0 Å². The van der Waals surface area contributed by atoms with Crippen molar-refractivity contribution in [3.8, 4) is 17.6 Å². The third-order valence-electron chi connectivity index (χ3n) is 10.2. The van der Waals surface area contributed by atoms with Gasteiger partial charge in [-0.2, -0.15) is 0 Å². The molecule has 1 unspecified atom stereocenters. The van der Waals surface area contributed by atoms with Crippen LogP contribution in [0.25, 0.3) is 10.9 Å². The molecule has 0 bridgehead atoms. The molecule has 0 fully saturated rings. The van der Waals surface area contributed by atoms with E-state index in [4.69, 9.17) is 10.5 Å². The van der Waals surface area contributed by atoms with Gasteiger partial charge in [-0.3, -0.25) is 19.4 Å². The summed E-state index contributed by atoms with van der Waals surface area (Å²) in [6.45, 7) is 2.60. The van der Waals surface area contributed by atoms with E-state index >= 15 is 0 Å². The fraction of sp³-hybridized carbons (Fsp3) is 0.170. The van der Waals surface area contributed by atoms with Crippen molar-refractivity contribution in [1.82, 2.24) is 10.3 Å². The van der Waals surface area contributed by atoms with Gasteiger partial charge in [-0.25, -0.2) is 13.4 Å². The highest BCUT2D eigenvalue weighted by Crippen LogP contribution is 2.35. The van der Waals surface area contributed by atoms with Gasteiger partial charge in [0, 0.05) is 65.1 Å². The number of nitrogens with two attached hydrogens (primary N) is 1. The lowest BCUT2D eigenvalue weighted by molar-refractivity contribution is -0.113. The van der Waals surface area contributed by atoms with Crippen molar-refractivity contribution in [2.45, 2.75) is 35.7 Å². The summed E-state index contributed by atoms with van der Waals surface area (Å²) in [5, 5.41) is 30.4. The molecular formula is C47H42N6O8S. The summed E-state index contributed by atoms with van der Waals surface area (Å²) in [6.07, 6.45) is 7.88. The summed E-state index contributed by atoms with van der Waals surface area (Å²) in [4.78, 5) is 45.7. The largest absolute Gasteiger partial charge is 0.506 e. The molecule has 5 aromatic rings. The van der Waals surface area contributed by atoms with Crippen LogP contribution in [0, 0.1) is 24.7 Å². The minimum atomic E-state index is -4.18. The normalized spacial score (nSPS) is 15.0. The number of aliphatic hydroxyl groups is 2. The number of allylic oxidation sites excluding steroid dienone is 4. The van der Waals surface area contributed by atoms with E-state index in [1.165, 1.54) is 61.9 Å². The first kappa shape index (κ1) is 42.7. The molecule has 1 aromatic heterocycles. The highest BCUT2D eigenvalue weighted by molar-refractivity contribution is 7.91. The number of ether oxygens (including phenoxy) is 1. The Bertz CT molecular complexity index is 2910. The molecule has 2 atom stereocenters. The number of hydrogen-bond donors (Lipinski definition) is 6. The number of unbranched alkanes of at least 4 members (excludes halogenated alkanes) is 1. The lowest BCUT2D eigenvalue weighted by atomic mass is 9.84. The predicted molar refractivity (Wildman–Crippen MR) is 236 cm³/mol. The Balaban J connectivity index is 0.967. The van der Waals surface area contributed by atoms with Gasteiger partial charge >= 0.3 is 0 Å². The van der Waals surface area contributed by atoms with Crippen LogP contribution in [0.3, 0.4) is 0 Å². The average Bonchev–Trinajstić information content (AvgIpc) is 3.27. The molecule has 4 aromatic carbocycles. The number of aromatic nitrogens is 1. The number of anilines is 3. The fourth-order valence-electron chi connectivity index (χ4n) is 7.04. The number of pyridine rings is 1. The summed E-state index contributed by atoms with van der Waals surface area (Å²) >= 11 is 0. The number of methoxy groups -OCH3 is 1. The molecule has 7 rings (SSSR count). The van der Waals surface area contributed by atoms with Crippen molar-refractivity contribution in [1.29, 1.82) is 0 Å². The summed E-state index contributed by atoms with van der Waals surface area (Å²) in [6, 6.07) is 22.6. The molecule has 2 aliphatic rings. The number of sulfone groups is 1. The summed E-state index contributed by atoms with van der Waals surface area (Å²) in [5.74, 6) is 4.54. The van der Waals surface area contributed by atoms with Gasteiger partial charge in [0.25, 0.3) is 17.7 Å². The first-order valence-electron chi connectivity index (χ1n) is 19.5. The van der Waals surface area contributed by atoms with Crippen molar-refractivity contribution in [2.24, 2.45) is 16.6 Å². The number of carbonyl (C=O) groups is 3. The predicted octanol–water partition coefficient (Wildman–Crippen LogP) is 6.10. The van der Waals surface area contributed by atoms with Crippen LogP contribution in [0.5, 0.6) is 5.75 Å². The minimum Gasteiger partial charge on any atom is -0.506 e. The standard InChI is InChI=1S/C47H42N6O8S/c1-28-22-35(25-38-43(28)50-26-39(46(48)57)44(38)51-32-10-7-11-33(24-32)61-2)62(59,60)34-12-6-9-30(23-34)47(58)52-31-15-13-29(14-16-31)8-4-3-5-21-49-27-41(55)36-17-19-40(54)45-37(36)18-20-42(56)53-45/h6-7,9-20,22-26,37,41,49,54-55H,3,5,21,27H2,1-2H3,(H2,48,57)(H,50,51)(H,52,58)/t37?,41-/m0/s1. The summed E-state index contributed by atoms with van der Waals surface area (Å²) < 4.78 is 33.6. The highest BCUT2D eigenvalue weighted by Gasteiger charge is 2.31. The number of fused-ring (bicyclic) bond motifs is 2. The number of primary amides is 1. The number of aliphatic imine (C=N–C) groups is 1. The zero-order chi connectivity index (χ0) is 44.0. The molecule has 3 amide bonds. The summed E-state index contributed by atoms with van der Waals surface area (Å²) in [7, 11) is -2.65. The SMILES string of the molecule is COc1cccc(Nc2c(C(N)=O)cnc3c(C)cc(S(=O)(=O)c4cccc(C(=O)Nc5ccc(C#CCCCNC[C@H](O)C6=CC=C(O)C7=NC(=O)C=CC67)cc5)c4)cc23)c1. The second kappa shape index (κ2) is 18.5. The molecule has 2 heterocycles. The zero-order valence-corrected chi connectivity index (χ0v) is 34.5. The van der Waals surface area contributed by atoms with Crippen molar-refractivity contribution in [3.05, 3.63) is 149 Å². The number of nitrogens with one attached hydrogen (secondary N) is 3. The van der Waals surface area contributed by atoms with Crippen molar-refractivity contribution in [3.63, 3.8) is 0 Å². The van der Waals surface area contributed by atoms with E-state index in [-0.39, 0.29) is 44.6 Å². The Hall–Kier alpha value is -7.38. The number of dihydropyridines is 1. The van der Waals surface area contributed by atoms with E-state index in [0.717, 1.165) is 12.0 Å². The molecule has 7 N–H and O–H groups in total. The van der Waals surface area contributed by atoms with Gasteiger partial charge < -0.3 is 36.6 Å². The van der Waals surface area contributed by atoms with E-state index < -0.39 is 39.6 Å². The van der Waals surface area contributed by atoms with Gasteiger partial charge in [-0.05, 0) is 104 Å². The van der Waals surface area contributed by atoms with Gasteiger partial charge in [0.05, 0.1) is 45.5 Å². The Kier molecular flexibility index (Phi) is 12.7. The van der Waals surface area contributed by atoms with Crippen LogP contribution in [-0.4, -0.2) is 73.4 Å². The van der Waals surface area contributed by atoms with Crippen LogP contribution in [-0.2, 0) is 14.6 Å². The third-order valence-corrected chi connectivity index (χ3v) is 12.0. The zero-order valence-electron chi connectivity index (χ0n) is 33.7. The number of aryl methyl sites for hydroxylation is 1. The molecule has 62 heavy (non-hydrogen) atoms. The summed E-state index contributed by atoms with van der Waals surface area (Å²) in [5.41, 5.74) is 9.89. The first-order valence-corrected chi connectivity index (χ1v) is 21.0. The van der Waals surface area contributed by atoms with E-state index in [9.17, 15) is 33.0 Å². The first-order chi connectivity index (χ1) is 29.8. The highest BCUT2D eigenvalue weighted by atomic mass is 32.2. The van der Waals surface area contributed by atoms with E-state index in [1.54, 1.807) is 67.6 Å². The van der Waals surface area contributed by atoms with Gasteiger partial charge in [0.1, 0.15) is 11.5 Å². The average molecular weight is 851 g/mol. The van der Waals surface area contributed by atoms with Crippen molar-refractivity contribution >= 4 is 61.2 Å². The maximum absolute atomic E-state index is 14.1. The molecule has 0 radical (unpaired) electrons. The van der Waals surface area contributed by atoms with E-state index in [2.05, 4.69) is 37.8 Å². The number of nitrogens with zero attached hydrogens (tertiary/aromatic N) is 2. The molecule has 15 heteroatoms. The third kappa shape index (κ3) is 9.48. The van der Waals surface area contributed by atoms with Crippen LogP contribution in [0.1, 0.15) is 44.7 Å². The van der Waals surface area contributed by atoms with Gasteiger partial charge in [0.2, 0.25) is 9.84 Å². The molecule has 0 saturated carbocycles. The van der Waals surface area contributed by atoms with Crippen molar-refractivity contribution < 1.29 is 37.8 Å². The van der Waals surface area contributed by atoms with Gasteiger partial charge in [0.15, 0.2) is 0 Å². The molecule has 1 aliphatic carbocycles. The Morgan fingerprint density at radius 1 is 0.984 bits per heavy atom. The molecule has 0 spiro atoms. The van der Waals surface area contributed by atoms with Crippen LogP contribution < -0.4 is 26.4 Å². The van der Waals surface area contributed by atoms with Crippen LogP contribution >= 0.6 is 0 Å². The van der Waals surface area contributed by atoms with Crippen LogP contribution in [0.15, 0.2) is 142 Å². The maximum atomic E-state index is 14.1. The molecule has 14 nitrogen and oxygen atoms in total. The minimum absolute atomic E-state index is 0.0647. The van der Waals surface area contributed by atoms with Crippen LogP contribution in [0.4, 0.5) is 17.1 Å². The second-order valence-electron chi connectivity index (χ2n) is 14.5. The quantitative estimate of drug-likeness (QED) is 0.0554. The second-order valence-corrected chi connectivity index (χ2v) is 16.4. The smallest absolute Gasteiger partial charge is 0.269 e. The maximum Gasteiger partial charge on any atom is 0.269 e. The van der Waals surface area contributed by atoms with Gasteiger partial charge in [-0.15, -0.1) is 0 Å². The monoisotopic (exact) mass is 850 g/mol. The van der Waals surface area contributed by atoms with E-state index in [0.29, 0.717) is 52.1 Å². The Morgan fingerprint density at radius 3 is 2.55 bits per heavy atom. The number of aliphatic hydroxyl groups excluding tert-OH is 2. The Morgan fingerprint density at radius 2 is 1.77 bits per heavy atom. The number of hydrogen-bond acceptors (Lipinski definition) is 11. The Labute approximate surface area is 357 Å². The lowest BCUT2D eigenvalue weighted by Gasteiger charge is -2.27. The number of carbonyl (C=O) groups excluding carboxylic acids is 3. The molecular weight excluding hydrogens is 809 g/mol. The number of benzene rings is 4. The number of rotatable bonds is 14.